The molecule has 3 aromatic rings. The molecule has 2 aromatic carbocycles. The van der Waals surface area contributed by atoms with Crippen molar-refractivity contribution in [2.75, 3.05) is 14.2 Å². The van der Waals surface area contributed by atoms with Crippen molar-refractivity contribution in [3.63, 3.8) is 0 Å². The molecule has 1 N–H and O–H groups in total. The van der Waals surface area contributed by atoms with Gasteiger partial charge in [-0.3, -0.25) is 9.78 Å². The Morgan fingerprint density at radius 1 is 1.00 bits per heavy atom. The van der Waals surface area contributed by atoms with Gasteiger partial charge in [-0.2, -0.15) is 0 Å². The molecule has 1 atom stereocenters. The summed E-state index contributed by atoms with van der Waals surface area (Å²) in [5.74, 6) is -0.0885. The third-order valence-corrected chi connectivity index (χ3v) is 5.78. The first-order valence-electron chi connectivity index (χ1n) is 11.6. The second-order valence-electron chi connectivity index (χ2n) is 8.64. The van der Waals surface area contributed by atoms with Gasteiger partial charge in [-0.05, 0) is 34.9 Å². The van der Waals surface area contributed by atoms with E-state index >= 15 is 0 Å². The minimum absolute atomic E-state index is 0.0114. The Labute approximate surface area is 210 Å². The number of ether oxygens (including phenoxy) is 2. The van der Waals surface area contributed by atoms with E-state index in [-0.39, 0.29) is 22.0 Å². The fraction of sp³-hybridized carbons (Fsp3) is 0.214. The van der Waals surface area contributed by atoms with Crippen molar-refractivity contribution < 1.29 is 23.7 Å². The standard InChI is InChI=1S/C28H28N4O4/c1-20(33)36-27-26(28(34)32(2,31-27)19-21-10-5-4-6-11-21)25(30-18-23-13-7-8-15-29-23)17-22-12-9-14-24(16-22)35-3/h4-16H,17-19H2,1-3H3/p+1. The minimum Gasteiger partial charge on any atom is -0.497 e. The molecule has 0 saturated heterocycles. The molecule has 1 aliphatic heterocycles. The zero-order chi connectivity index (χ0) is 25.5. The minimum atomic E-state index is -0.544. The molecule has 8 heteroatoms. The van der Waals surface area contributed by atoms with Gasteiger partial charge in [-0.25, -0.2) is 4.79 Å². The zero-order valence-electron chi connectivity index (χ0n) is 20.6. The maximum absolute atomic E-state index is 13.9. The van der Waals surface area contributed by atoms with Crippen LogP contribution in [0.1, 0.15) is 23.7 Å². The highest BCUT2D eigenvalue weighted by Crippen LogP contribution is 2.29. The van der Waals surface area contributed by atoms with Crippen LogP contribution in [0.2, 0.25) is 0 Å². The highest BCUT2D eigenvalue weighted by atomic mass is 16.5. The van der Waals surface area contributed by atoms with Gasteiger partial charge in [0.15, 0.2) is 5.57 Å². The predicted octanol–water partition coefficient (Wildman–Crippen LogP) is 3.74. The SMILES string of the molecule is COc1cccc(C/C(NCc2ccccn2)=C2/C(=O)[N+](C)(Cc3ccccc3)N=C2OC(C)=O)c1. The summed E-state index contributed by atoms with van der Waals surface area (Å²) in [6.07, 6.45) is 2.09. The molecule has 184 valence electrons. The highest BCUT2D eigenvalue weighted by molar-refractivity contribution is 6.20. The predicted molar refractivity (Wildman–Crippen MR) is 135 cm³/mol. The van der Waals surface area contributed by atoms with Gasteiger partial charge in [0, 0.05) is 30.8 Å². The Morgan fingerprint density at radius 3 is 2.44 bits per heavy atom. The van der Waals surface area contributed by atoms with Crippen LogP contribution in [-0.2, 0) is 33.8 Å². The molecular formula is C28H29N4O4+. The van der Waals surface area contributed by atoms with Crippen LogP contribution >= 0.6 is 0 Å². The number of nitrogens with one attached hydrogen (secondary N) is 1. The molecule has 0 bridgehead atoms. The van der Waals surface area contributed by atoms with E-state index in [1.165, 1.54) is 6.92 Å². The van der Waals surface area contributed by atoms with E-state index in [1.54, 1.807) is 20.4 Å². The Bertz CT molecular complexity index is 1310. The fourth-order valence-electron chi connectivity index (χ4n) is 4.07. The summed E-state index contributed by atoms with van der Waals surface area (Å²) in [4.78, 5) is 30.3. The third kappa shape index (κ3) is 5.84. The zero-order valence-corrected chi connectivity index (χ0v) is 20.6. The summed E-state index contributed by atoms with van der Waals surface area (Å²) in [6.45, 7) is 2.00. The third-order valence-electron chi connectivity index (χ3n) is 5.78. The molecule has 8 nitrogen and oxygen atoms in total. The van der Waals surface area contributed by atoms with Crippen LogP contribution in [-0.4, -0.2) is 41.5 Å². The number of allylic oxidation sites excluding steroid dienone is 1. The number of hydrogen-bond acceptors (Lipinski definition) is 7. The molecule has 0 radical (unpaired) electrons. The van der Waals surface area contributed by atoms with E-state index in [0.29, 0.717) is 31.0 Å². The van der Waals surface area contributed by atoms with Crippen LogP contribution in [0.5, 0.6) is 5.75 Å². The van der Waals surface area contributed by atoms with Crippen LogP contribution in [0, 0.1) is 0 Å². The molecule has 1 unspecified atom stereocenters. The lowest BCUT2D eigenvalue weighted by atomic mass is 10.0. The van der Waals surface area contributed by atoms with Crippen LogP contribution in [0.25, 0.3) is 0 Å². The summed E-state index contributed by atoms with van der Waals surface area (Å²) >= 11 is 0. The average Bonchev–Trinajstić information content (AvgIpc) is 3.11. The number of rotatable bonds is 8. The normalized spacial score (nSPS) is 18.4. The summed E-state index contributed by atoms with van der Waals surface area (Å²) < 4.78 is 10.6. The largest absolute Gasteiger partial charge is 0.497 e. The maximum atomic E-state index is 13.9. The molecule has 0 spiro atoms. The first-order valence-corrected chi connectivity index (χ1v) is 11.6. The van der Waals surface area contributed by atoms with Gasteiger partial charge in [0.2, 0.25) is 0 Å². The highest BCUT2D eigenvalue weighted by Gasteiger charge is 2.48. The number of carbonyl (C=O) groups excluding carboxylic acids is 2. The second kappa shape index (κ2) is 11.0. The van der Waals surface area contributed by atoms with Crippen LogP contribution in [0.15, 0.2) is 95.4 Å². The van der Waals surface area contributed by atoms with Gasteiger partial charge in [0.25, 0.3) is 5.90 Å². The smallest absolute Gasteiger partial charge is 0.379 e. The van der Waals surface area contributed by atoms with E-state index in [2.05, 4.69) is 15.4 Å². The van der Waals surface area contributed by atoms with Crippen molar-refractivity contribution in [3.05, 3.63) is 107 Å². The van der Waals surface area contributed by atoms with E-state index in [0.717, 1.165) is 16.8 Å². The molecule has 1 aliphatic rings. The van der Waals surface area contributed by atoms with Crippen molar-refractivity contribution in [2.24, 2.45) is 5.10 Å². The summed E-state index contributed by atoms with van der Waals surface area (Å²) in [6, 6.07) is 22.9. The molecule has 36 heavy (non-hydrogen) atoms. The van der Waals surface area contributed by atoms with Crippen molar-refractivity contribution in [1.29, 1.82) is 0 Å². The molecule has 1 amide bonds. The number of methoxy groups -OCH3 is 1. The van der Waals surface area contributed by atoms with E-state index < -0.39 is 5.97 Å². The molecule has 1 aromatic heterocycles. The number of aromatic nitrogens is 1. The lowest BCUT2D eigenvalue weighted by molar-refractivity contribution is -0.850. The number of pyridine rings is 1. The Balaban J connectivity index is 1.76. The number of benzene rings is 2. The molecule has 0 saturated carbocycles. The first-order chi connectivity index (χ1) is 17.4. The van der Waals surface area contributed by atoms with E-state index in [9.17, 15) is 9.59 Å². The van der Waals surface area contributed by atoms with Gasteiger partial charge in [0.05, 0.1) is 19.3 Å². The number of amides is 1. The Hall–Kier alpha value is -4.30. The van der Waals surface area contributed by atoms with E-state index in [4.69, 9.17) is 9.47 Å². The number of carbonyl (C=O) groups is 2. The first kappa shape index (κ1) is 24.8. The van der Waals surface area contributed by atoms with Gasteiger partial charge < -0.3 is 14.8 Å². The Morgan fingerprint density at radius 2 is 1.75 bits per heavy atom. The van der Waals surface area contributed by atoms with Crippen LogP contribution in [0.3, 0.4) is 0 Å². The van der Waals surface area contributed by atoms with Gasteiger partial charge >= 0.3 is 11.9 Å². The Kier molecular flexibility index (Phi) is 7.56. The lowest BCUT2D eigenvalue weighted by Crippen LogP contribution is -2.41. The number of quaternary nitrogens is 1. The van der Waals surface area contributed by atoms with Gasteiger partial charge in [-0.1, -0.05) is 48.5 Å². The van der Waals surface area contributed by atoms with E-state index in [1.807, 2.05) is 72.8 Å². The van der Waals surface area contributed by atoms with Crippen LogP contribution in [0.4, 0.5) is 0 Å². The molecule has 4 rings (SSSR count). The topological polar surface area (TPSA) is 89.9 Å². The molecule has 0 fully saturated rings. The number of likely N-dealkylation sites (N-methyl/N-ethyl adjacent to an activating group) is 1. The maximum Gasteiger partial charge on any atom is 0.379 e. The average molecular weight is 486 g/mol. The van der Waals surface area contributed by atoms with Crippen LogP contribution < -0.4 is 10.1 Å². The van der Waals surface area contributed by atoms with Crippen molar-refractivity contribution in [1.82, 2.24) is 10.3 Å². The summed E-state index contributed by atoms with van der Waals surface area (Å²) in [5, 5.41) is 7.97. The molecule has 0 aliphatic carbocycles. The fourth-order valence-corrected chi connectivity index (χ4v) is 4.07. The monoisotopic (exact) mass is 485 g/mol. The molecule has 2 heterocycles. The molecular weight excluding hydrogens is 456 g/mol. The van der Waals surface area contributed by atoms with Crippen molar-refractivity contribution >= 4 is 17.8 Å². The number of hydrogen-bond donors (Lipinski definition) is 1. The quantitative estimate of drug-likeness (QED) is 0.297. The van der Waals surface area contributed by atoms with Crippen molar-refractivity contribution in [3.8, 4) is 5.75 Å². The van der Waals surface area contributed by atoms with Crippen molar-refractivity contribution in [2.45, 2.75) is 26.4 Å². The lowest BCUT2D eigenvalue weighted by Gasteiger charge is -2.20. The number of esters is 1. The van der Waals surface area contributed by atoms with Gasteiger partial charge in [0.1, 0.15) is 19.3 Å². The second-order valence-corrected chi connectivity index (χ2v) is 8.64. The summed E-state index contributed by atoms with van der Waals surface area (Å²) in [7, 11) is 3.32. The summed E-state index contributed by atoms with van der Waals surface area (Å²) in [5.41, 5.74) is 3.51. The van der Waals surface area contributed by atoms with Gasteiger partial charge in [-0.15, -0.1) is 4.59 Å². The number of nitrogens with zero attached hydrogens (tertiary/aromatic N) is 3.